The maximum absolute atomic E-state index is 12.5. The summed E-state index contributed by atoms with van der Waals surface area (Å²) in [6, 6.07) is 4.85. The summed E-state index contributed by atoms with van der Waals surface area (Å²) in [6.07, 6.45) is 7.93. The van der Waals surface area contributed by atoms with E-state index in [2.05, 4.69) is 4.98 Å². The van der Waals surface area contributed by atoms with Crippen molar-refractivity contribution in [3.63, 3.8) is 0 Å². The number of ketones is 1. The molecule has 5 nitrogen and oxygen atoms in total. The molecule has 0 amide bonds. The highest BCUT2D eigenvalue weighted by Gasteiger charge is 2.23. The summed E-state index contributed by atoms with van der Waals surface area (Å²) in [7, 11) is 0. The molecule has 1 aliphatic carbocycles. The second kappa shape index (κ2) is 5.68. The molecule has 0 aliphatic heterocycles. The van der Waals surface area contributed by atoms with Crippen molar-refractivity contribution in [1.82, 2.24) is 4.98 Å². The Hall–Kier alpha value is -2.17. The second-order valence-corrected chi connectivity index (χ2v) is 5.79. The smallest absolute Gasteiger partial charge is 0.279 e. The number of Topliss-reactive ketones (excluding diaryl/α,β-unsaturated/α-hetero) is 1. The lowest BCUT2D eigenvalue weighted by atomic mass is 9.84. The average molecular weight is 286 g/mol. The third kappa shape index (κ3) is 2.68. The molecule has 0 spiro atoms. The quantitative estimate of drug-likeness (QED) is 0.519. The zero-order valence-corrected chi connectivity index (χ0v) is 11.8. The molecule has 21 heavy (non-hydrogen) atoms. The monoisotopic (exact) mass is 286 g/mol. The first-order valence-corrected chi connectivity index (χ1v) is 7.44. The maximum Gasteiger partial charge on any atom is 0.279 e. The number of non-ortho nitro benzene ring substituents is 1. The molecular weight excluding hydrogens is 268 g/mol. The maximum atomic E-state index is 12.5. The lowest BCUT2D eigenvalue weighted by molar-refractivity contribution is -0.383. The van der Waals surface area contributed by atoms with Crippen molar-refractivity contribution in [3.8, 4) is 0 Å². The lowest BCUT2D eigenvalue weighted by Gasteiger charge is -2.20. The van der Waals surface area contributed by atoms with Gasteiger partial charge in [0, 0.05) is 24.2 Å². The van der Waals surface area contributed by atoms with Gasteiger partial charge in [-0.25, -0.2) is 0 Å². The van der Waals surface area contributed by atoms with Crippen molar-refractivity contribution in [3.05, 3.63) is 40.1 Å². The van der Waals surface area contributed by atoms with Crippen LogP contribution in [0.5, 0.6) is 0 Å². The highest BCUT2D eigenvalue weighted by atomic mass is 16.6. The number of aromatic amines is 1. The molecule has 2 aromatic rings. The van der Waals surface area contributed by atoms with E-state index < -0.39 is 4.92 Å². The van der Waals surface area contributed by atoms with Gasteiger partial charge >= 0.3 is 0 Å². The van der Waals surface area contributed by atoms with Crippen LogP contribution < -0.4 is 0 Å². The van der Waals surface area contributed by atoms with Crippen LogP contribution >= 0.6 is 0 Å². The minimum Gasteiger partial charge on any atom is -0.360 e. The molecule has 0 radical (unpaired) electrons. The van der Waals surface area contributed by atoms with Gasteiger partial charge in [-0.2, -0.15) is 0 Å². The van der Waals surface area contributed by atoms with Gasteiger partial charge < -0.3 is 4.98 Å². The molecule has 1 aromatic heterocycles. The van der Waals surface area contributed by atoms with Crippen LogP contribution in [0.3, 0.4) is 0 Å². The SMILES string of the molecule is O=C(CC1CCCCC1)c1c[nH]c2cccc([N+](=O)[O-])c12. The van der Waals surface area contributed by atoms with E-state index in [1.165, 1.54) is 25.3 Å². The average Bonchev–Trinajstić information content (AvgIpc) is 2.92. The van der Waals surface area contributed by atoms with E-state index >= 15 is 0 Å². The number of benzene rings is 1. The molecule has 1 saturated carbocycles. The van der Waals surface area contributed by atoms with Gasteiger partial charge in [-0.15, -0.1) is 0 Å². The number of nitrogens with one attached hydrogen (secondary N) is 1. The fourth-order valence-electron chi connectivity index (χ4n) is 3.30. The second-order valence-electron chi connectivity index (χ2n) is 5.79. The number of carbonyl (C=O) groups is 1. The number of hydrogen-bond donors (Lipinski definition) is 1. The van der Waals surface area contributed by atoms with E-state index in [0.29, 0.717) is 28.8 Å². The van der Waals surface area contributed by atoms with E-state index in [1.807, 2.05) is 0 Å². The fraction of sp³-hybridized carbons (Fsp3) is 0.438. The molecular formula is C16H18N2O3. The Labute approximate surface area is 122 Å². The molecule has 0 saturated heterocycles. The molecule has 1 fully saturated rings. The Kier molecular flexibility index (Phi) is 3.73. The first-order chi connectivity index (χ1) is 10.2. The third-order valence-electron chi connectivity index (χ3n) is 4.38. The van der Waals surface area contributed by atoms with Crippen molar-refractivity contribution in [2.75, 3.05) is 0 Å². The van der Waals surface area contributed by atoms with Crippen LogP contribution in [0.25, 0.3) is 10.9 Å². The first kappa shape index (κ1) is 13.8. The van der Waals surface area contributed by atoms with Gasteiger partial charge in [0.15, 0.2) is 5.78 Å². The molecule has 0 atom stereocenters. The number of hydrogen-bond acceptors (Lipinski definition) is 3. The Morgan fingerprint density at radius 2 is 2.05 bits per heavy atom. The number of aromatic nitrogens is 1. The summed E-state index contributed by atoms with van der Waals surface area (Å²) in [6.45, 7) is 0. The van der Waals surface area contributed by atoms with Crippen LogP contribution in [0.4, 0.5) is 5.69 Å². The van der Waals surface area contributed by atoms with Gasteiger partial charge in [0.25, 0.3) is 5.69 Å². The number of nitrogens with zero attached hydrogens (tertiary/aromatic N) is 1. The van der Waals surface area contributed by atoms with E-state index in [-0.39, 0.29) is 11.5 Å². The van der Waals surface area contributed by atoms with E-state index in [9.17, 15) is 14.9 Å². The number of nitro benzene ring substituents is 1. The Bertz CT molecular complexity index is 684. The van der Waals surface area contributed by atoms with Crippen LogP contribution in [0.1, 0.15) is 48.9 Å². The van der Waals surface area contributed by atoms with Crippen LogP contribution in [-0.4, -0.2) is 15.7 Å². The molecule has 1 aromatic carbocycles. The highest BCUT2D eigenvalue weighted by Crippen LogP contribution is 2.32. The van der Waals surface area contributed by atoms with Crippen molar-refractivity contribution in [2.24, 2.45) is 5.92 Å². The minimum atomic E-state index is -0.423. The molecule has 1 aliphatic rings. The van der Waals surface area contributed by atoms with E-state index in [0.717, 1.165) is 12.8 Å². The van der Waals surface area contributed by atoms with Gasteiger partial charge in [0.1, 0.15) is 0 Å². The molecule has 0 unspecified atom stereocenters. The summed E-state index contributed by atoms with van der Waals surface area (Å²) in [5, 5.41) is 11.6. The molecule has 3 rings (SSSR count). The van der Waals surface area contributed by atoms with Crippen molar-refractivity contribution in [1.29, 1.82) is 0 Å². The van der Waals surface area contributed by atoms with E-state index in [1.54, 1.807) is 18.3 Å². The van der Waals surface area contributed by atoms with E-state index in [4.69, 9.17) is 0 Å². The highest BCUT2D eigenvalue weighted by molar-refractivity contribution is 6.11. The molecule has 110 valence electrons. The topological polar surface area (TPSA) is 76.0 Å². The van der Waals surface area contributed by atoms with Gasteiger partial charge in [0.2, 0.25) is 0 Å². The minimum absolute atomic E-state index is 0.000689. The van der Waals surface area contributed by atoms with Crippen molar-refractivity contribution >= 4 is 22.4 Å². The number of rotatable bonds is 4. The Balaban J connectivity index is 1.92. The summed E-state index contributed by atoms with van der Waals surface area (Å²) < 4.78 is 0. The summed E-state index contributed by atoms with van der Waals surface area (Å²) in [5.74, 6) is 0.446. The third-order valence-corrected chi connectivity index (χ3v) is 4.38. The summed E-state index contributed by atoms with van der Waals surface area (Å²) in [4.78, 5) is 26.2. The summed E-state index contributed by atoms with van der Waals surface area (Å²) >= 11 is 0. The van der Waals surface area contributed by atoms with Crippen LogP contribution in [0, 0.1) is 16.0 Å². The van der Waals surface area contributed by atoms with Crippen LogP contribution in [0.2, 0.25) is 0 Å². The van der Waals surface area contributed by atoms with Crippen molar-refractivity contribution in [2.45, 2.75) is 38.5 Å². The molecule has 0 bridgehead atoms. The van der Waals surface area contributed by atoms with Gasteiger partial charge in [-0.05, 0) is 12.0 Å². The van der Waals surface area contributed by atoms with Gasteiger partial charge in [-0.1, -0.05) is 38.2 Å². The number of nitro groups is 1. The Morgan fingerprint density at radius 1 is 1.29 bits per heavy atom. The zero-order valence-electron chi connectivity index (χ0n) is 11.8. The number of H-pyrrole nitrogens is 1. The molecule has 5 heteroatoms. The Morgan fingerprint density at radius 3 is 2.76 bits per heavy atom. The first-order valence-electron chi connectivity index (χ1n) is 7.44. The van der Waals surface area contributed by atoms with Gasteiger partial charge in [0.05, 0.1) is 15.8 Å². The largest absolute Gasteiger partial charge is 0.360 e. The zero-order chi connectivity index (χ0) is 14.8. The lowest BCUT2D eigenvalue weighted by Crippen LogP contribution is -2.12. The van der Waals surface area contributed by atoms with Crippen LogP contribution in [-0.2, 0) is 0 Å². The number of carbonyl (C=O) groups excluding carboxylic acids is 1. The predicted octanol–water partition coefficient (Wildman–Crippen LogP) is 4.23. The number of fused-ring (bicyclic) bond motifs is 1. The predicted molar refractivity (Wildman–Crippen MR) is 80.5 cm³/mol. The van der Waals surface area contributed by atoms with Gasteiger partial charge in [-0.3, -0.25) is 14.9 Å². The fourth-order valence-corrected chi connectivity index (χ4v) is 3.30. The van der Waals surface area contributed by atoms with Crippen LogP contribution in [0.15, 0.2) is 24.4 Å². The normalized spacial score (nSPS) is 16.2. The summed E-state index contributed by atoms with van der Waals surface area (Å²) in [5.41, 5.74) is 1.11. The standard InChI is InChI=1S/C16H18N2O3/c19-15(9-11-5-2-1-3-6-11)12-10-17-13-7-4-8-14(16(12)13)18(20)21/h4,7-8,10-11,17H,1-3,5-6,9H2. The molecule has 1 N–H and O–H groups in total. The molecule has 1 heterocycles. The van der Waals surface area contributed by atoms with Crippen molar-refractivity contribution < 1.29 is 9.72 Å².